The molecule has 1 aromatic carbocycles. The zero-order chi connectivity index (χ0) is 22.6. The van der Waals surface area contributed by atoms with Gasteiger partial charge in [-0.15, -0.1) is 0 Å². The van der Waals surface area contributed by atoms with Crippen LogP contribution in [0.3, 0.4) is 0 Å². The largest absolute Gasteiger partial charge is 0.473 e. The summed E-state index contributed by atoms with van der Waals surface area (Å²) in [5.41, 5.74) is 0.0155. The highest BCUT2D eigenvalue weighted by Gasteiger charge is 2.26. The highest BCUT2D eigenvalue weighted by atomic mass is 35.5. The summed E-state index contributed by atoms with van der Waals surface area (Å²) in [5, 5.41) is 0.443. The summed E-state index contributed by atoms with van der Waals surface area (Å²) < 4.78 is 25.1. The summed E-state index contributed by atoms with van der Waals surface area (Å²) in [7, 11) is 0. The second kappa shape index (κ2) is 9.40. The highest BCUT2D eigenvalue weighted by Crippen LogP contribution is 2.26. The number of benzene rings is 1. The summed E-state index contributed by atoms with van der Waals surface area (Å²) in [6.45, 7) is 14.5. The number of pyridine rings is 1. The Balaban J connectivity index is 1.63. The van der Waals surface area contributed by atoms with Gasteiger partial charge in [0.15, 0.2) is 5.69 Å². The van der Waals surface area contributed by atoms with Crippen molar-refractivity contribution in [3.8, 4) is 5.88 Å². The van der Waals surface area contributed by atoms with Crippen molar-refractivity contribution < 1.29 is 18.7 Å². The first kappa shape index (κ1) is 22.6. The van der Waals surface area contributed by atoms with E-state index in [0.717, 1.165) is 0 Å². The molecule has 0 saturated carbocycles. The molecule has 0 atom stereocenters. The number of anilines is 1. The van der Waals surface area contributed by atoms with Gasteiger partial charge >= 0.3 is 6.09 Å². The molecule has 0 radical (unpaired) electrons. The van der Waals surface area contributed by atoms with Gasteiger partial charge in [-0.1, -0.05) is 23.7 Å². The van der Waals surface area contributed by atoms with E-state index in [0.29, 0.717) is 42.6 Å². The summed E-state index contributed by atoms with van der Waals surface area (Å²) in [6, 6.07) is 7.52. The number of amides is 1. The Bertz CT molecular complexity index is 995. The fraction of sp³-hybridized carbons (Fsp3) is 0.409. The number of nitrogens with zero attached hydrogens (tertiary/aromatic N) is 4. The van der Waals surface area contributed by atoms with Crippen molar-refractivity contribution >= 4 is 29.2 Å². The quantitative estimate of drug-likeness (QED) is 0.614. The lowest BCUT2D eigenvalue weighted by molar-refractivity contribution is 0.0240. The Morgan fingerprint density at radius 2 is 1.94 bits per heavy atom. The maximum absolute atomic E-state index is 14.1. The number of hydrogen-bond acceptors (Lipinski definition) is 5. The van der Waals surface area contributed by atoms with Crippen LogP contribution in [0.25, 0.3) is 4.85 Å². The lowest BCUT2D eigenvalue weighted by Crippen LogP contribution is -2.50. The fourth-order valence-electron chi connectivity index (χ4n) is 3.02. The maximum Gasteiger partial charge on any atom is 0.410 e. The Morgan fingerprint density at radius 1 is 1.23 bits per heavy atom. The monoisotopic (exact) mass is 446 g/mol. The molecule has 1 amide bonds. The Hall–Kier alpha value is -3.05. The minimum Gasteiger partial charge on any atom is -0.473 e. The Kier molecular flexibility index (Phi) is 6.86. The van der Waals surface area contributed by atoms with Gasteiger partial charge in [0.2, 0.25) is 5.88 Å². The molecule has 7 nitrogen and oxygen atoms in total. The van der Waals surface area contributed by atoms with Crippen LogP contribution in [-0.2, 0) is 11.3 Å². The van der Waals surface area contributed by atoms with Gasteiger partial charge in [-0.2, -0.15) is 4.98 Å². The Morgan fingerprint density at radius 3 is 2.55 bits per heavy atom. The minimum atomic E-state index is -0.537. The summed E-state index contributed by atoms with van der Waals surface area (Å²) in [4.78, 5) is 23.6. The molecule has 1 aliphatic heterocycles. The number of halogens is 2. The predicted molar refractivity (Wildman–Crippen MR) is 116 cm³/mol. The Labute approximate surface area is 186 Å². The molecular formula is C22H24ClFN4O3. The van der Waals surface area contributed by atoms with Crippen LogP contribution in [0.2, 0.25) is 5.02 Å². The third kappa shape index (κ3) is 6.22. The zero-order valence-corrected chi connectivity index (χ0v) is 18.4. The van der Waals surface area contributed by atoms with E-state index in [1.165, 1.54) is 18.2 Å². The topological polar surface area (TPSA) is 59.3 Å². The van der Waals surface area contributed by atoms with Crippen molar-refractivity contribution in [3.05, 3.63) is 58.2 Å². The lowest BCUT2D eigenvalue weighted by Gasteiger charge is -2.36. The standard InChI is InChI=1S/C22H24ClFN4O3/c1-22(2,3)31-21(29)28-9-7-27(8-10-28)19-11-16(23)12-20(26-19)30-14-15-5-6-17(25-4)13-18(15)24/h5-6,11-13H,7-10,14H2,1-3H3. The fourth-order valence-corrected chi connectivity index (χ4v) is 3.21. The van der Waals surface area contributed by atoms with E-state index in [9.17, 15) is 9.18 Å². The van der Waals surface area contributed by atoms with E-state index in [1.54, 1.807) is 17.0 Å². The van der Waals surface area contributed by atoms with Gasteiger partial charge in [0.1, 0.15) is 23.8 Å². The molecule has 0 aliphatic carbocycles. The number of aromatic nitrogens is 1. The van der Waals surface area contributed by atoms with Gasteiger partial charge in [0.05, 0.1) is 6.57 Å². The molecule has 1 saturated heterocycles. The minimum absolute atomic E-state index is 0.0384. The third-order valence-electron chi connectivity index (χ3n) is 4.55. The van der Waals surface area contributed by atoms with Crippen LogP contribution < -0.4 is 9.64 Å². The van der Waals surface area contributed by atoms with E-state index in [4.69, 9.17) is 27.6 Å². The van der Waals surface area contributed by atoms with Crippen LogP contribution in [0.15, 0.2) is 30.3 Å². The molecule has 2 aromatic rings. The first-order chi connectivity index (χ1) is 14.6. The van der Waals surface area contributed by atoms with E-state index in [1.807, 2.05) is 25.7 Å². The second-order valence-corrected chi connectivity index (χ2v) is 8.55. The first-order valence-corrected chi connectivity index (χ1v) is 10.2. The molecule has 31 heavy (non-hydrogen) atoms. The van der Waals surface area contributed by atoms with E-state index < -0.39 is 11.4 Å². The van der Waals surface area contributed by atoms with Gasteiger partial charge in [-0.05, 0) is 32.9 Å². The number of ether oxygens (including phenoxy) is 2. The van der Waals surface area contributed by atoms with Crippen LogP contribution in [0.4, 0.5) is 20.7 Å². The molecule has 0 bridgehead atoms. The van der Waals surface area contributed by atoms with Gasteiger partial charge < -0.3 is 19.3 Å². The average molecular weight is 447 g/mol. The van der Waals surface area contributed by atoms with Crippen LogP contribution in [0.1, 0.15) is 26.3 Å². The molecule has 1 aliphatic rings. The molecule has 9 heteroatoms. The van der Waals surface area contributed by atoms with Crippen molar-refractivity contribution in [1.82, 2.24) is 9.88 Å². The van der Waals surface area contributed by atoms with Crippen LogP contribution in [0.5, 0.6) is 5.88 Å². The molecule has 1 fully saturated rings. The van der Waals surface area contributed by atoms with Crippen LogP contribution in [-0.4, -0.2) is 47.8 Å². The second-order valence-electron chi connectivity index (χ2n) is 8.11. The summed E-state index contributed by atoms with van der Waals surface area (Å²) >= 11 is 6.24. The molecule has 164 valence electrons. The molecular weight excluding hydrogens is 423 g/mol. The summed E-state index contributed by atoms with van der Waals surface area (Å²) in [6.07, 6.45) is -0.332. The van der Waals surface area contributed by atoms with Crippen molar-refractivity contribution in [2.45, 2.75) is 33.0 Å². The molecule has 3 rings (SSSR count). The molecule has 0 spiro atoms. The molecule has 1 aromatic heterocycles. The van der Waals surface area contributed by atoms with Gasteiger partial charge in [0, 0.05) is 42.8 Å². The van der Waals surface area contributed by atoms with Gasteiger partial charge in [-0.3, -0.25) is 0 Å². The number of carbonyl (C=O) groups is 1. The average Bonchev–Trinajstić information content (AvgIpc) is 2.71. The van der Waals surface area contributed by atoms with Crippen molar-refractivity contribution in [1.29, 1.82) is 0 Å². The van der Waals surface area contributed by atoms with Crippen LogP contribution in [0, 0.1) is 12.4 Å². The highest BCUT2D eigenvalue weighted by molar-refractivity contribution is 6.30. The van der Waals surface area contributed by atoms with Crippen LogP contribution >= 0.6 is 11.6 Å². The smallest absolute Gasteiger partial charge is 0.410 e. The van der Waals surface area contributed by atoms with Crippen molar-refractivity contribution in [2.75, 3.05) is 31.1 Å². The van der Waals surface area contributed by atoms with Crippen molar-refractivity contribution in [2.24, 2.45) is 0 Å². The SMILES string of the molecule is [C-]#[N+]c1ccc(COc2cc(Cl)cc(N3CCN(C(=O)OC(C)(C)C)CC3)n2)c(F)c1. The van der Waals surface area contributed by atoms with E-state index in [2.05, 4.69) is 9.83 Å². The predicted octanol–water partition coefficient (Wildman–Crippen LogP) is 5.06. The number of rotatable bonds is 4. The number of hydrogen-bond donors (Lipinski definition) is 0. The first-order valence-electron chi connectivity index (χ1n) is 9.84. The van der Waals surface area contributed by atoms with E-state index in [-0.39, 0.29) is 24.3 Å². The molecule has 2 heterocycles. The molecule has 0 N–H and O–H groups in total. The molecule has 0 unspecified atom stereocenters. The lowest BCUT2D eigenvalue weighted by atomic mass is 10.2. The third-order valence-corrected chi connectivity index (χ3v) is 4.77. The van der Waals surface area contributed by atoms with E-state index >= 15 is 0 Å². The zero-order valence-electron chi connectivity index (χ0n) is 17.7. The van der Waals surface area contributed by atoms with Gasteiger partial charge in [-0.25, -0.2) is 14.0 Å². The maximum atomic E-state index is 14.1. The van der Waals surface area contributed by atoms with Crippen molar-refractivity contribution in [3.63, 3.8) is 0 Å². The number of carbonyl (C=O) groups excluding carboxylic acids is 1. The summed E-state index contributed by atoms with van der Waals surface area (Å²) in [5.74, 6) is 0.384. The normalized spacial score (nSPS) is 14.2. The van der Waals surface area contributed by atoms with Gasteiger partial charge in [0.25, 0.3) is 0 Å². The number of piperazine rings is 1.